The molecular formula is C87H109N17O17. The fourth-order valence-electron chi connectivity index (χ4n) is 15.1. The quantitative estimate of drug-likeness (QED) is 0.0491. The zero-order valence-electron chi connectivity index (χ0n) is 69.5. The lowest BCUT2D eigenvalue weighted by Gasteiger charge is -2.36. The Morgan fingerprint density at radius 3 is 1.35 bits per heavy atom. The maximum absolute atomic E-state index is 15.6. The van der Waals surface area contributed by atoms with E-state index in [0.29, 0.717) is 45.1 Å². The molecule has 14 rings (SSSR count). The number of carbonyl (C=O) groups is 11. The Morgan fingerprint density at radius 2 is 0.942 bits per heavy atom. The van der Waals surface area contributed by atoms with Gasteiger partial charge in [-0.1, -0.05) is 161 Å². The van der Waals surface area contributed by atoms with Crippen molar-refractivity contribution >= 4 is 86.6 Å². The highest BCUT2D eigenvalue weighted by Gasteiger charge is 2.49. The van der Waals surface area contributed by atoms with Crippen LogP contribution in [0.15, 0.2) is 146 Å². The van der Waals surface area contributed by atoms with Gasteiger partial charge in [0.05, 0.1) is 55.2 Å². The molecule has 14 atom stereocenters. The SMILES string of the molecule is CNC(C)C(=O)NC(C(=O)N1CC2CC1C(=O)NC(Cc1ccc3ccccc3c1)C(=O)NC(C(=O)O)Cc1ccc(cc1)OCc1cn(nn1)C1CC(C(=O)NC(Cc3ccc4ccccc4c3)C(=O)NC(C(=O)NCCC(O)CC(O)CC(=O)O)Cc3ccc(cc3)OCc3cn2nn3)N(C(=O)C(NC(=O)C(C)NC)C(C)(C)C)C1)C(C)(C)C. The number of nitrogens with one attached hydrogen (secondary N) is 9. The normalized spacial score (nSPS) is 21.3. The van der Waals surface area contributed by atoms with Crippen molar-refractivity contribution in [3.63, 3.8) is 0 Å². The highest BCUT2D eigenvalue weighted by Crippen LogP contribution is 2.35. The van der Waals surface area contributed by atoms with Crippen LogP contribution in [0.3, 0.4) is 0 Å². The van der Waals surface area contributed by atoms with Crippen molar-refractivity contribution in [1.82, 2.24) is 87.6 Å². The number of hydrogen-bond acceptors (Lipinski definition) is 21. The predicted molar refractivity (Wildman–Crippen MR) is 444 cm³/mol. The molecule has 6 aliphatic rings. The molecule has 2 aromatic heterocycles. The van der Waals surface area contributed by atoms with Crippen LogP contribution >= 0.6 is 0 Å². The molecule has 0 saturated carbocycles. The van der Waals surface area contributed by atoms with Gasteiger partial charge in [0.15, 0.2) is 0 Å². The fraction of sp³-hybridized carbons (Fsp3) is 0.460. The van der Waals surface area contributed by atoms with Gasteiger partial charge >= 0.3 is 11.9 Å². The summed E-state index contributed by atoms with van der Waals surface area (Å²) in [5.74, 6) is -8.03. The minimum absolute atomic E-state index is 0.0669. The summed E-state index contributed by atoms with van der Waals surface area (Å²) in [7, 11) is 3.20. The lowest BCUT2D eigenvalue weighted by molar-refractivity contribution is -0.145. The van der Waals surface area contributed by atoms with Gasteiger partial charge in [-0.3, -0.25) is 47.9 Å². The molecule has 34 nitrogen and oxygen atoms in total. The van der Waals surface area contributed by atoms with E-state index in [0.717, 1.165) is 21.5 Å². The number of ether oxygens (including phenoxy) is 2. The third-order valence-electron chi connectivity index (χ3n) is 22.3. The van der Waals surface area contributed by atoms with Crippen molar-refractivity contribution < 1.29 is 82.6 Å². The molecule has 6 aliphatic heterocycles. The number of rotatable bonds is 21. The number of likely N-dealkylation sites (N-methyl/N-ethyl adjacent to an activating group) is 2. The second-order valence-electron chi connectivity index (χ2n) is 33.7. The molecule has 0 aliphatic carbocycles. The van der Waals surface area contributed by atoms with Gasteiger partial charge in [-0.15, -0.1) is 10.2 Å². The van der Waals surface area contributed by atoms with E-state index in [1.807, 2.05) is 78.9 Å². The molecule has 6 aromatic carbocycles. The monoisotopic (exact) mass is 1660 g/mol. The highest BCUT2D eigenvalue weighted by atomic mass is 16.5. The maximum atomic E-state index is 15.6. The van der Waals surface area contributed by atoms with Crippen molar-refractivity contribution in [1.29, 1.82) is 0 Å². The van der Waals surface area contributed by atoms with E-state index in [9.17, 15) is 49.2 Å². The van der Waals surface area contributed by atoms with Crippen LogP contribution in [0.2, 0.25) is 0 Å². The number of hydrogen-bond donors (Lipinski definition) is 13. The third kappa shape index (κ3) is 23.6. The number of amides is 9. The molecular weight excluding hydrogens is 1560 g/mol. The molecule has 644 valence electrons. The van der Waals surface area contributed by atoms with Gasteiger partial charge in [-0.05, 0) is 120 Å². The average Bonchev–Trinajstić information content (AvgIpc) is 1.65. The van der Waals surface area contributed by atoms with E-state index < -0.39 is 167 Å². The first-order valence-corrected chi connectivity index (χ1v) is 40.6. The van der Waals surface area contributed by atoms with Gasteiger partial charge in [0.25, 0.3) is 0 Å². The van der Waals surface area contributed by atoms with E-state index in [1.165, 1.54) is 19.2 Å². The molecule has 0 spiro atoms. The molecule has 13 N–H and O–H groups in total. The lowest BCUT2D eigenvalue weighted by atomic mass is 9.85. The van der Waals surface area contributed by atoms with Gasteiger partial charge in [-0.2, -0.15) is 0 Å². The Hall–Kier alpha value is -12.3. The molecule has 9 amide bonds. The summed E-state index contributed by atoms with van der Waals surface area (Å²) in [5.41, 5.74) is 1.01. The van der Waals surface area contributed by atoms with Gasteiger partial charge in [0.2, 0.25) is 53.2 Å². The van der Waals surface area contributed by atoms with Crippen LogP contribution in [-0.2, 0) is 91.6 Å². The van der Waals surface area contributed by atoms with Crippen molar-refractivity contribution in [3.8, 4) is 11.5 Å². The van der Waals surface area contributed by atoms with Gasteiger partial charge in [-0.25, -0.2) is 14.2 Å². The summed E-state index contributed by atoms with van der Waals surface area (Å²) < 4.78 is 15.5. The summed E-state index contributed by atoms with van der Waals surface area (Å²) in [6.07, 6.45) is -1.24. The summed E-state index contributed by atoms with van der Waals surface area (Å²) in [5, 5.41) is 88.3. The van der Waals surface area contributed by atoms with Crippen molar-refractivity contribution in [2.75, 3.05) is 33.7 Å². The van der Waals surface area contributed by atoms with E-state index in [2.05, 4.69) is 68.5 Å². The predicted octanol–water partition coefficient (Wildman–Crippen LogP) is 3.30. The number of aliphatic hydroxyl groups excluding tert-OH is 2. The second-order valence-corrected chi connectivity index (χ2v) is 33.7. The highest BCUT2D eigenvalue weighted by molar-refractivity contribution is 5.99. The first-order valence-electron chi connectivity index (χ1n) is 40.6. The van der Waals surface area contributed by atoms with Crippen LogP contribution in [0, 0.1) is 10.8 Å². The van der Waals surface area contributed by atoms with E-state index in [4.69, 9.17) is 9.47 Å². The number of nitrogens with zero attached hydrogens (tertiary/aromatic N) is 8. The molecule has 8 heterocycles. The largest absolute Gasteiger partial charge is 0.487 e. The molecule has 2 fully saturated rings. The summed E-state index contributed by atoms with van der Waals surface area (Å²) in [4.78, 5) is 162. The van der Waals surface area contributed by atoms with Gasteiger partial charge in [0.1, 0.15) is 84.4 Å². The molecule has 14 unspecified atom stereocenters. The van der Waals surface area contributed by atoms with Crippen molar-refractivity contribution in [2.45, 2.75) is 211 Å². The molecule has 0 radical (unpaired) electrons. The number of likely N-dealkylation sites (tertiary alicyclic amines) is 2. The summed E-state index contributed by atoms with van der Waals surface area (Å²) in [6.45, 7) is 13.2. The molecule has 2 saturated heterocycles. The van der Waals surface area contributed by atoms with E-state index in [1.54, 1.807) is 136 Å². The first kappa shape index (κ1) is 89.5. The zero-order valence-corrected chi connectivity index (χ0v) is 69.5. The van der Waals surface area contributed by atoms with E-state index in [-0.39, 0.29) is 84.2 Å². The third-order valence-corrected chi connectivity index (χ3v) is 22.3. The van der Waals surface area contributed by atoms with Crippen LogP contribution in [-0.4, -0.2) is 232 Å². The smallest absolute Gasteiger partial charge is 0.326 e. The van der Waals surface area contributed by atoms with Crippen molar-refractivity contribution in [2.24, 2.45) is 10.8 Å². The molecule has 121 heavy (non-hydrogen) atoms. The van der Waals surface area contributed by atoms with Crippen LogP contribution in [0.4, 0.5) is 0 Å². The van der Waals surface area contributed by atoms with Gasteiger partial charge < -0.3 is 87.6 Å². The number of aliphatic hydroxyl groups is 2. The summed E-state index contributed by atoms with van der Waals surface area (Å²) in [6, 6.07) is 25.6. The average molecular weight is 1660 g/mol. The van der Waals surface area contributed by atoms with Crippen LogP contribution < -0.4 is 57.3 Å². The first-order chi connectivity index (χ1) is 57.6. The summed E-state index contributed by atoms with van der Waals surface area (Å²) >= 11 is 0. The van der Waals surface area contributed by atoms with Crippen molar-refractivity contribution in [3.05, 3.63) is 179 Å². The Bertz CT molecular complexity index is 5050. The minimum Gasteiger partial charge on any atom is -0.487 e. The van der Waals surface area contributed by atoms with Crippen LogP contribution in [0.5, 0.6) is 11.5 Å². The number of carbonyl (C=O) groups excluding carboxylic acids is 9. The number of benzene rings is 6. The maximum Gasteiger partial charge on any atom is 0.326 e. The lowest BCUT2D eigenvalue weighted by Crippen LogP contribution is -2.61. The number of carboxylic acid groups (broad SMARTS) is 2. The van der Waals surface area contributed by atoms with E-state index >= 15 is 24.0 Å². The number of carboxylic acids is 2. The minimum atomic E-state index is -1.54. The fourth-order valence-corrected chi connectivity index (χ4v) is 15.1. The molecule has 12 bridgehead atoms. The zero-order chi connectivity index (χ0) is 87.1. The molecule has 8 aromatic rings. The van der Waals surface area contributed by atoms with Crippen LogP contribution in [0.25, 0.3) is 21.5 Å². The van der Waals surface area contributed by atoms with Crippen LogP contribution in [0.1, 0.15) is 133 Å². The Balaban J connectivity index is 0.946. The second kappa shape index (κ2) is 39.7. The number of fused-ring (bicyclic) bond motifs is 2. The Kier molecular flexibility index (Phi) is 29.4. The molecule has 34 heteroatoms. The topological polar surface area (TPSA) is 463 Å². The number of aliphatic carboxylic acids is 2. The Morgan fingerprint density at radius 1 is 0.529 bits per heavy atom. The number of aromatic nitrogens is 6. The standard InChI is InChI=1S/C87H109N17O17/c1-49(88-9)76(109)95-74(86(3,4)5)83(116)101-45-61-39-71(101)81(114)92-68(37-53-19-25-55-15-11-13-17-57(55)33-53)79(112)91-67(78(111)90-32-31-63(105)41-64(106)42-73(107)108)35-51-21-27-65(28-22-51)120-47-59-43-104(99-97-59)62-40-72(102(46-62)84(117)75(87(6,7)8)96-77(110)50(2)89-10)82(115)93-69(38-54-20-26-56-16-12-14-18-58(56)34-54)80(113)94-70(85(118)119)36-52-23-29-66(30-24-52)121-48-60-44-103(61)100-98-60/h11-30,33-34,43-44,49-50,61-64,67-72,74-75,88-89,105-106H,31-32,35-42,45-48H2,1-10H3,(H,90,111)(H,91,112)(H,92,114)(H,93,115)(H,94,113)(H,95,109)(H,96,110)(H,107,108)(H,118,119). The Labute approximate surface area is 700 Å². The van der Waals surface area contributed by atoms with Gasteiger partial charge in [0, 0.05) is 58.2 Å².